The van der Waals surface area contributed by atoms with Gasteiger partial charge in [0.05, 0.1) is 0 Å². The number of ether oxygens (including phenoxy) is 1. The summed E-state index contributed by atoms with van der Waals surface area (Å²) in [6.07, 6.45) is -4.77. The van der Waals surface area contributed by atoms with Gasteiger partial charge in [0.15, 0.2) is 5.96 Å². The molecule has 0 radical (unpaired) electrons. The van der Waals surface area contributed by atoms with Crippen molar-refractivity contribution in [3.63, 3.8) is 0 Å². The number of benzene rings is 2. The van der Waals surface area contributed by atoms with Crippen LogP contribution in [0.5, 0.6) is 5.75 Å². The van der Waals surface area contributed by atoms with Gasteiger partial charge in [-0.05, 0) is 35.4 Å². The van der Waals surface area contributed by atoms with E-state index >= 15 is 0 Å². The lowest BCUT2D eigenvalue weighted by atomic mass is 9.88. The van der Waals surface area contributed by atoms with Crippen molar-refractivity contribution in [2.24, 2.45) is 10.7 Å². The van der Waals surface area contributed by atoms with Gasteiger partial charge < -0.3 is 10.5 Å². The van der Waals surface area contributed by atoms with Crippen molar-refractivity contribution in [3.8, 4) is 16.2 Å². The predicted molar refractivity (Wildman–Crippen MR) is 108 cm³/mol. The van der Waals surface area contributed by atoms with Crippen LogP contribution in [0.2, 0.25) is 0 Å². The van der Waals surface area contributed by atoms with E-state index in [4.69, 9.17) is 5.73 Å². The monoisotopic (exact) mass is 431 g/mol. The summed E-state index contributed by atoms with van der Waals surface area (Å²) in [4.78, 5) is 20.3. The van der Waals surface area contributed by atoms with Gasteiger partial charge in [-0.15, -0.1) is 24.5 Å². The molecule has 154 valence electrons. The molecule has 4 rings (SSSR count). The normalized spacial score (nSPS) is 19.1. The molecule has 3 aromatic rings. The molecule has 1 aliphatic rings. The highest BCUT2D eigenvalue weighted by molar-refractivity contribution is 7.15. The lowest BCUT2D eigenvalue weighted by Crippen LogP contribution is -2.40. The van der Waals surface area contributed by atoms with Crippen molar-refractivity contribution in [1.82, 2.24) is 4.90 Å². The van der Waals surface area contributed by atoms with Crippen LogP contribution < -0.4 is 10.5 Å². The molecule has 1 unspecified atom stereocenters. The molecule has 0 saturated heterocycles. The second kappa shape index (κ2) is 7.17. The highest BCUT2D eigenvalue weighted by atomic mass is 32.1. The molecule has 1 amide bonds. The topological polar surface area (TPSA) is 67.9 Å². The molecule has 1 aliphatic heterocycles. The Kier molecular flexibility index (Phi) is 4.77. The molecule has 2 aromatic carbocycles. The summed E-state index contributed by atoms with van der Waals surface area (Å²) >= 11 is 1.26. The number of nitrogens with two attached hydrogens (primary N) is 1. The Balaban J connectivity index is 1.79. The van der Waals surface area contributed by atoms with Gasteiger partial charge in [-0.3, -0.25) is 9.69 Å². The van der Waals surface area contributed by atoms with Crippen molar-refractivity contribution in [2.45, 2.75) is 11.9 Å². The summed E-state index contributed by atoms with van der Waals surface area (Å²) in [7, 11) is 1.55. The smallest absolute Gasteiger partial charge is 0.406 e. The van der Waals surface area contributed by atoms with Crippen molar-refractivity contribution in [1.29, 1.82) is 0 Å². The maximum atomic E-state index is 13.2. The molecule has 2 N–H and O–H groups in total. The first kappa shape index (κ1) is 20.0. The van der Waals surface area contributed by atoms with Gasteiger partial charge in [0.25, 0.3) is 5.91 Å². The van der Waals surface area contributed by atoms with Gasteiger partial charge in [-0.25, -0.2) is 4.99 Å². The first-order valence-electron chi connectivity index (χ1n) is 8.86. The number of alkyl halides is 3. The number of nitrogens with zero attached hydrogens (tertiary/aromatic N) is 2. The number of rotatable bonds is 4. The van der Waals surface area contributed by atoms with Crippen LogP contribution in [0.1, 0.15) is 10.4 Å². The summed E-state index contributed by atoms with van der Waals surface area (Å²) in [5, 5.41) is 0. The van der Waals surface area contributed by atoms with E-state index in [0.29, 0.717) is 20.9 Å². The van der Waals surface area contributed by atoms with Crippen molar-refractivity contribution < 1.29 is 22.7 Å². The lowest BCUT2D eigenvalue weighted by molar-refractivity contribution is -0.274. The Morgan fingerprint density at radius 3 is 2.43 bits per heavy atom. The van der Waals surface area contributed by atoms with E-state index < -0.39 is 11.9 Å². The first-order chi connectivity index (χ1) is 14.2. The van der Waals surface area contributed by atoms with E-state index in [2.05, 4.69) is 9.73 Å². The van der Waals surface area contributed by atoms with Gasteiger partial charge >= 0.3 is 6.36 Å². The third-order valence-electron chi connectivity index (χ3n) is 4.75. The van der Waals surface area contributed by atoms with Gasteiger partial charge in [0.1, 0.15) is 5.75 Å². The number of aliphatic imine (C=N–C) groups is 1. The summed E-state index contributed by atoms with van der Waals surface area (Å²) in [6.45, 7) is 0. The molecule has 0 aliphatic carbocycles. The quantitative estimate of drug-likeness (QED) is 0.668. The molecule has 2 heterocycles. The summed E-state index contributed by atoms with van der Waals surface area (Å²) in [5.74, 6) is -0.514. The van der Waals surface area contributed by atoms with Crippen LogP contribution >= 0.6 is 11.3 Å². The summed E-state index contributed by atoms with van der Waals surface area (Å²) < 4.78 is 41.7. The van der Waals surface area contributed by atoms with Crippen molar-refractivity contribution in [3.05, 3.63) is 77.2 Å². The van der Waals surface area contributed by atoms with E-state index in [9.17, 15) is 18.0 Å². The summed E-state index contributed by atoms with van der Waals surface area (Å²) in [5.41, 5.74) is 5.81. The number of amides is 1. The summed E-state index contributed by atoms with van der Waals surface area (Å²) in [6, 6.07) is 18.2. The average molecular weight is 431 g/mol. The van der Waals surface area contributed by atoms with Gasteiger partial charge in [0, 0.05) is 16.8 Å². The second-order valence-corrected chi connectivity index (χ2v) is 7.73. The van der Waals surface area contributed by atoms with Crippen LogP contribution in [0.25, 0.3) is 10.4 Å². The van der Waals surface area contributed by atoms with Crippen molar-refractivity contribution >= 4 is 23.2 Å². The van der Waals surface area contributed by atoms with E-state index in [1.165, 1.54) is 34.4 Å². The zero-order valence-electron chi connectivity index (χ0n) is 15.7. The molecule has 9 heteroatoms. The minimum atomic E-state index is -4.77. The number of likely N-dealkylation sites (N-methyl/N-ethyl adjacent to an activating group) is 1. The number of hydrogen-bond donors (Lipinski definition) is 1. The fourth-order valence-corrected chi connectivity index (χ4v) is 4.50. The second-order valence-electron chi connectivity index (χ2n) is 6.65. The Hall–Kier alpha value is -3.33. The molecule has 0 fully saturated rings. The average Bonchev–Trinajstić information content (AvgIpc) is 3.28. The molecular formula is C21H16F3N3O2S. The van der Waals surface area contributed by atoms with E-state index in [1.807, 2.05) is 6.07 Å². The molecule has 0 bridgehead atoms. The Morgan fingerprint density at radius 1 is 1.07 bits per heavy atom. The lowest BCUT2D eigenvalue weighted by Gasteiger charge is -2.24. The predicted octanol–water partition coefficient (Wildman–Crippen LogP) is 4.34. The zero-order chi connectivity index (χ0) is 21.5. The van der Waals surface area contributed by atoms with Crippen LogP contribution in [-0.4, -0.2) is 30.2 Å². The highest BCUT2D eigenvalue weighted by Crippen LogP contribution is 2.44. The molecule has 0 spiro atoms. The van der Waals surface area contributed by atoms with Gasteiger partial charge in [0.2, 0.25) is 5.54 Å². The largest absolute Gasteiger partial charge is 0.573 e. The van der Waals surface area contributed by atoms with Crippen LogP contribution in [0, 0.1) is 0 Å². The number of thiophene rings is 1. The van der Waals surface area contributed by atoms with Crippen molar-refractivity contribution in [2.75, 3.05) is 7.05 Å². The maximum absolute atomic E-state index is 13.2. The standard InChI is InChI=1S/C21H16F3N3O2S/c1-27-18(28)20(26-19(27)25,14-7-3-2-4-8-14)17-11-10-16(30-17)13-6-5-9-15(12-13)29-21(22,23)24/h2-12H,1H3,(H2,25,26). The van der Waals surface area contributed by atoms with E-state index in [0.717, 1.165) is 0 Å². The third kappa shape index (κ3) is 3.41. The van der Waals surface area contributed by atoms with E-state index in [1.54, 1.807) is 49.5 Å². The third-order valence-corrected chi connectivity index (χ3v) is 5.99. The molecular weight excluding hydrogens is 415 g/mol. The maximum Gasteiger partial charge on any atom is 0.573 e. The number of halogens is 3. The number of hydrogen-bond acceptors (Lipinski definition) is 5. The van der Waals surface area contributed by atoms with Gasteiger partial charge in [-0.2, -0.15) is 0 Å². The first-order valence-corrected chi connectivity index (χ1v) is 9.68. The minimum Gasteiger partial charge on any atom is -0.406 e. The number of carbonyl (C=O) groups excluding carboxylic acids is 1. The van der Waals surface area contributed by atoms with Crippen LogP contribution in [0.3, 0.4) is 0 Å². The number of carbonyl (C=O) groups is 1. The molecule has 1 aromatic heterocycles. The highest BCUT2D eigenvalue weighted by Gasteiger charge is 2.50. The molecule has 30 heavy (non-hydrogen) atoms. The zero-order valence-corrected chi connectivity index (χ0v) is 16.5. The van der Waals surface area contributed by atoms with E-state index in [-0.39, 0.29) is 17.6 Å². The SMILES string of the molecule is CN1C(=O)C(c2ccccc2)(c2ccc(-c3cccc(OC(F)(F)F)c3)s2)N=C1N. The Morgan fingerprint density at radius 2 is 1.80 bits per heavy atom. The Bertz CT molecular complexity index is 1130. The number of guanidine groups is 1. The molecule has 0 saturated carbocycles. The fourth-order valence-electron chi connectivity index (χ4n) is 3.35. The fraction of sp³-hybridized carbons (Fsp3) is 0.143. The van der Waals surface area contributed by atoms with Crippen LogP contribution in [0.15, 0.2) is 71.7 Å². The molecule has 5 nitrogen and oxygen atoms in total. The minimum absolute atomic E-state index is 0.0966. The Labute approximate surface area is 174 Å². The molecule has 1 atom stereocenters. The van der Waals surface area contributed by atoms with Crippen LogP contribution in [0.4, 0.5) is 13.2 Å². The van der Waals surface area contributed by atoms with Crippen LogP contribution in [-0.2, 0) is 10.3 Å². The van der Waals surface area contributed by atoms with Gasteiger partial charge in [-0.1, -0.05) is 42.5 Å².